The molecule has 1 aliphatic rings. The molecule has 7 heteroatoms. The lowest BCUT2D eigenvalue weighted by Gasteiger charge is -2.40. The number of amides is 1. The van der Waals surface area contributed by atoms with Crippen LogP contribution in [0.1, 0.15) is 30.8 Å². The molecule has 0 N–H and O–H groups in total. The first kappa shape index (κ1) is 16.7. The van der Waals surface area contributed by atoms with Crippen molar-refractivity contribution in [1.82, 2.24) is 29.1 Å². The number of likely N-dealkylation sites (N-methyl/N-ethyl adjacent to an activating group) is 1. The fourth-order valence-electron chi connectivity index (χ4n) is 3.38. The molecule has 1 saturated heterocycles. The van der Waals surface area contributed by atoms with E-state index >= 15 is 0 Å². The number of imidazole rings is 1. The molecule has 0 bridgehead atoms. The number of hydrogen-bond donors (Lipinski definition) is 0. The van der Waals surface area contributed by atoms with E-state index in [-0.39, 0.29) is 11.9 Å². The first-order valence-corrected chi connectivity index (χ1v) is 8.55. The molecular formula is C17H26N6O. The number of carbonyl (C=O) groups excluding carboxylic acids is 1. The van der Waals surface area contributed by atoms with Gasteiger partial charge in [-0.05, 0) is 18.5 Å². The molecule has 2 aromatic rings. The highest BCUT2D eigenvalue weighted by Crippen LogP contribution is 2.24. The first-order valence-electron chi connectivity index (χ1n) is 8.55. The summed E-state index contributed by atoms with van der Waals surface area (Å²) in [7, 11) is 3.91. The summed E-state index contributed by atoms with van der Waals surface area (Å²) in [6.07, 6.45) is 8.87. The van der Waals surface area contributed by atoms with Gasteiger partial charge in [0.1, 0.15) is 5.82 Å². The summed E-state index contributed by atoms with van der Waals surface area (Å²) in [4.78, 5) is 21.5. The van der Waals surface area contributed by atoms with Crippen LogP contribution in [0.2, 0.25) is 0 Å². The standard InChI is InChI=1S/C17H26N6O/c1-4-22-9-10-23(13-15(22)17-18-7-8-20(17)2)16(24)6-5-14-11-19-21(3)12-14/h7-8,11-12,15H,4-6,9-10,13H2,1-3H3/t15-/m0/s1. The van der Waals surface area contributed by atoms with Crippen LogP contribution in [-0.2, 0) is 25.3 Å². The lowest BCUT2D eigenvalue weighted by molar-refractivity contribution is -0.134. The molecule has 1 aliphatic heterocycles. The molecular weight excluding hydrogens is 304 g/mol. The van der Waals surface area contributed by atoms with Gasteiger partial charge in [-0.1, -0.05) is 6.92 Å². The largest absolute Gasteiger partial charge is 0.339 e. The number of piperazine rings is 1. The van der Waals surface area contributed by atoms with Crippen molar-refractivity contribution in [1.29, 1.82) is 0 Å². The highest BCUT2D eigenvalue weighted by atomic mass is 16.2. The van der Waals surface area contributed by atoms with Crippen LogP contribution in [0.4, 0.5) is 0 Å². The maximum absolute atomic E-state index is 12.6. The quantitative estimate of drug-likeness (QED) is 0.820. The topological polar surface area (TPSA) is 59.2 Å². The lowest BCUT2D eigenvalue weighted by Crippen LogP contribution is -2.51. The Morgan fingerprint density at radius 1 is 1.33 bits per heavy atom. The van der Waals surface area contributed by atoms with Crippen molar-refractivity contribution >= 4 is 5.91 Å². The molecule has 0 aliphatic carbocycles. The minimum atomic E-state index is 0.172. The van der Waals surface area contributed by atoms with E-state index in [2.05, 4.69) is 26.5 Å². The molecule has 0 radical (unpaired) electrons. The van der Waals surface area contributed by atoms with Crippen LogP contribution in [0, 0.1) is 0 Å². The normalized spacial score (nSPS) is 19.0. The van der Waals surface area contributed by atoms with Gasteiger partial charge in [-0.3, -0.25) is 14.4 Å². The van der Waals surface area contributed by atoms with Gasteiger partial charge in [0.05, 0.1) is 12.2 Å². The molecule has 7 nitrogen and oxygen atoms in total. The Kier molecular flexibility index (Phi) is 4.99. The summed E-state index contributed by atoms with van der Waals surface area (Å²) in [5, 5.41) is 4.16. The third-order valence-electron chi connectivity index (χ3n) is 4.79. The van der Waals surface area contributed by atoms with Gasteiger partial charge in [-0.15, -0.1) is 0 Å². The molecule has 1 fully saturated rings. The van der Waals surface area contributed by atoms with Crippen LogP contribution in [0.25, 0.3) is 0 Å². The smallest absolute Gasteiger partial charge is 0.223 e. The van der Waals surface area contributed by atoms with Crippen molar-refractivity contribution in [2.45, 2.75) is 25.8 Å². The average Bonchev–Trinajstić information content (AvgIpc) is 3.20. The van der Waals surface area contributed by atoms with Crippen LogP contribution < -0.4 is 0 Å². The number of aryl methyl sites for hydroxylation is 3. The number of aromatic nitrogens is 4. The van der Waals surface area contributed by atoms with E-state index < -0.39 is 0 Å². The van der Waals surface area contributed by atoms with Crippen molar-refractivity contribution in [2.24, 2.45) is 14.1 Å². The number of nitrogens with zero attached hydrogens (tertiary/aromatic N) is 6. The minimum Gasteiger partial charge on any atom is -0.339 e. The van der Waals surface area contributed by atoms with Crippen molar-refractivity contribution in [3.63, 3.8) is 0 Å². The molecule has 1 amide bonds. The molecule has 1 atom stereocenters. The molecule has 0 saturated carbocycles. The maximum Gasteiger partial charge on any atom is 0.223 e. The highest BCUT2D eigenvalue weighted by molar-refractivity contribution is 5.76. The van der Waals surface area contributed by atoms with E-state index in [4.69, 9.17) is 0 Å². The summed E-state index contributed by atoms with van der Waals surface area (Å²) in [5.41, 5.74) is 1.11. The molecule has 0 aromatic carbocycles. The van der Waals surface area contributed by atoms with Crippen LogP contribution in [0.5, 0.6) is 0 Å². The SMILES string of the molecule is CCN1CCN(C(=O)CCc2cnn(C)c2)C[C@H]1c1nccn1C. The summed E-state index contributed by atoms with van der Waals surface area (Å²) in [6, 6.07) is 0.172. The van der Waals surface area contributed by atoms with Crippen LogP contribution in [-0.4, -0.2) is 61.2 Å². The second-order valence-corrected chi connectivity index (χ2v) is 6.40. The Morgan fingerprint density at radius 2 is 2.17 bits per heavy atom. The van der Waals surface area contributed by atoms with Gasteiger partial charge in [0, 0.05) is 58.7 Å². The number of hydrogen-bond acceptors (Lipinski definition) is 4. The Hall–Kier alpha value is -2.15. The Bertz CT molecular complexity index is 691. The van der Waals surface area contributed by atoms with E-state index in [0.29, 0.717) is 13.0 Å². The van der Waals surface area contributed by atoms with E-state index in [1.165, 1.54) is 0 Å². The maximum atomic E-state index is 12.6. The zero-order valence-electron chi connectivity index (χ0n) is 14.7. The molecule has 130 valence electrons. The fourth-order valence-corrected chi connectivity index (χ4v) is 3.38. The fraction of sp³-hybridized carbons (Fsp3) is 0.588. The monoisotopic (exact) mass is 330 g/mol. The predicted molar refractivity (Wildman–Crippen MR) is 91.3 cm³/mol. The van der Waals surface area contributed by atoms with Gasteiger partial charge in [0.25, 0.3) is 0 Å². The zero-order chi connectivity index (χ0) is 17.1. The lowest BCUT2D eigenvalue weighted by atomic mass is 10.1. The van der Waals surface area contributed by atoms with E-state index in [9.17, 15) is 4.79 Å². The van der Waals surface area contributed by atoms with E-state index in [1.54, 1.807) is 4.68 Å². The van der Waals surface area contributed by atoms with Gasteiger partial charge >= 0.3 is 0 Å². The minimum absolute atomic E-state index is 0.172. The molecule has 24 heavy (non-hydrogen) atoms. The summed E-state index contributed by atoms with van der Waals surface area (Å²) < 4.78 is 3.83. The summed E-state index contributed by atoms with van der Waals surface area (Å²) in [5.74, 6) is 1.25. The van der Waals surface area contributed by atoms with Gasteiger partial charge < -0.3 is 9.47 Å². The summed E-state index contributed by atoms with van der Waals surface area (Å²) >= 11 is 0. The van der Waals surface area contributed by atoms with E-state index in [1.807, 2.05) is 43.8 Å². The third-order valence-corrected chi connectivity index (χ3v) is 4.79. The van der Waals surface area contributed by atoms with Crippen molar-refractivity contribution < 1.29 is 4.79 Å². The first-order chi connectivity index (χ1) is 11.6. The Morgan fingerprint density at radius 3 is 2.79 bits per heavy atom. The summed E-state index contributed by atoms with van der Waals surface area (Å²) in [6.45, 7) is 5.53. The van der Waals surface area contributed by atoms with Crippen LogP contribution >= 0.6 is 0 Å². The second-order valence-electron chi connectivity index (χ2n) is 6.40. The molecule has 0 spiro atoms. The Labute approximate surface area is 142 Å². The predicted octanol–water partition coefficient (Wildman–Crippen LogP) is 0.992. The van der Waals surface area contributed by atoms with Crippen molar-refractivity contribution in [2.75, 3.05) is 26.2 Å². The van der Waals surface area contributed by atoms with Gasteiger partial charge in [0.2, 0.25) is 5.91 Å². The molecule has 2 aromatic heterocycles. The third kappa shape index (κ3) is 3.51. The second kappa shape index (κ2) is 7.17. The molecule has 0 unspecified atom stereocenters. The van der Waals surface area contributed by atoms with Crippen molar-refractivity contribution in [3.05, 3.63) is 36.2 Å². The van der Waals surface area contributed by atoms with Crippen molar-refractivity contribution in [3.8, 4) is 0 Å². The zero-order valence-corrected chi connectivity index (χ0v) is 14.7. The average molecular weight is 330 g/mol. The number of rotatable bonds is 5. The molecule has 3 rings (SSSR count). The van der Waals surface area contributed by atoms with Gasteiger partial charge in [-0.2, -0.15) is 5.10 Å². The number of carbonyl (C=O) groups is 1. The highest BCUT2D eigenvalue weighted by Gasteiger charge is 2.31. The van der Waals surface area contributed by atoms with E-state index in [0.717, 1.165) is 37.4 Å². The molecule has 3 heterocycles. The van der Waals surface area contributed by atoms with Crippen LogP contribution in [0.3, 0.4) is 0 Å². The Balaban J connectivity index is 1.64. The van der Waals surface area contributed by atoms with Gasteiger partial charge in [0.15, 0.2) is 0 Å². The van der Waals surface area contributed by atoms with Crippen LogP contribution in [0.15, 0.2) is 24.8 Å². The van der Waals surface area contributed by atoms with Gasteiger partial charge in [-0.25, -0.2) is 4.98 Å².